The number of anilines is 1. The molecule has 0 bridgehead atoms. The van der Waals surface area contributed by atoms with E-state index in [1.165, 1.54) is 0 Å². The van der Waals surface area contributed by atoms with Crippen LogP contribution in [0.1, 0.15) is 6.92 Å². The van der Waals surface area contributed by atoms with Gasteiger partial charge in [-0.05, 0) is 19.1 Å². The fourth-order valence-corrected chi connectivity index (χ4v) is 1.84. The number of thiocarbonyl (C=S) groups is 1. The highest BCUT2D eigenvalue weighted by atomic mass is 32.1. The highest BCUT2D eigenvalue weighted by molar-refractivity contribution is 7.82. The molecule has 1 aromatic carbocycles. The molecule has 0 fully saturated rings. The first-order chi connectivity index (χ1) is 6.70. The molecule has 0 spiro atoms. The summed E-state index contributed by atoms with van der Waals surface area (Å²) < 4.78 is 0. The average Bonchev–Trinajstić information content (AvgIpc) is 2.43. The lowest BCUT2D eigenvalue weighted by molar-refractivity contribution is 0.798. The molecule has 0 amide bonds. The quantitative estimate of drug-likeness (QED) is 0.707. The van der Waals surface area contributed by atoms with Gasteiger partial charge in [0.1, 0.15) is 11.2 Å². The van der Waals surface area contributed by atoms with Crippen LogP contribution in [0.3, 0.4) is 0 Å². The fourth-order valence-electron chi connectivity index (χ4n) is 1.53. The van der Waals surface area contributed by atoms with Crippen LogP contribution in [0.15, 0.2) is 35.3 Å². The first kappa shape index (κ1) is 9.15. The van der Waals surface area contributed by atoms with E-state index in [2.05, 4.69) is 4.99 Å². The number of nitrogens with zero attached hydrogens (tertiary/aromatic N) is 2. The van der Waals surface area contributed by atoms with Crippen LogP contribution in [0.4, 0.5) is 5.69 Å². The van der Waals surface area contributed by atoms with Gasteiger partial charge in [-0.1, -0.05) is 30.4 Å². The number of benzene rings is 1. The maximum Gasteiger partial charge on any atom is 0.156 e. The number of para-hydroxylation sites is 1. The van der Waals surface area contributed by atoms with E-state index in [-0.39, 0.29) is 6.17 Å². The van der Waals surface area contributed by atoms with E-state index < -0.39 is 0 Å². The molecule has 0 aromatic heterocycles. The number of rotatable bonds is 1. The molecule has 3 nitrogen and oxygen atoms in total. The van der Waals surface area contributed by atoms with Crippen LogP contribution in [0.25, 0.3) is 0 Å². The van der Waals surface area contributed by atoms with E-state index in [0.717, 1.165) is 5.69 Å². The Bertz CT molecular complexity index is 386. The third-order valence-electron chi connectivity index (χ3n) is 2.17. The van der Waals surface area contributed by atoms with Gasteiger partial charge < -0.3 is 10.6 Å². The van der Waals surface area contributed by atoms with E-state index in [9.17, 15) is 0 Å². The van der Waals surface area contributed by atoms with Crippen LogP contribution in [0.2, 0.25) is 0 Å². The molecular formula is C10H11N3S. The van der Waals surface area contributed by atoms with Gasteiger partial charge in [0.05, 0.1) is 0 Å². The molecule has 4 heteroatoms. The van der Waals surface area contributed by atoms with Crippen molar-refractivity contribution in [2.75, 3.05) is 4.90 Å². The zero-order valence-electron chi connectivity index (χ0n) is 7.84. The van der Waals surface area contributed by atoms with Gasteiger partial charge in [-0.2, -0.15) is 0 Å². The van der Waals surface area contributed by atoms with E-state index in [0.29, 0.717) is 10.8 Å². The van der Waals surface area contributed by atoms with Crippen molar-refractivity contribution < 1.29 is 0 Å². The smallest absolute Gasteiger partial charge is 0.156 e. The molecule has 1 atom stereocenters. The van der Waals surface area contributed by atoms with Crippen molar-refractivity contribution in [3.8, 4) is 0 Å². The second kappa shape index (κ2) is 3.38. The first-order valence-electron chi connectivity index (χ1n) is 4.42. The van der Waals surface area contributed by atoms with Crippen LogP contribution in [-0.4, -0.2) is 17.0 Å². The van der Waals surface area contributed by atoms with Crippen molar-refractivity contribution in [2.24, 2.45) is 10.7 Å². The number of amidine groups is 1. The van der Waals surface area contributed by atoms with E-state index in [4.69, 9.17) is 18.0 Å². The molecule has 2 rings (SSSR count). The van der Waals surface area contributed by atoms with Gasteiger partial charge >= 0.3 is 0 Å². The summed E-state index contributed by atoms with van der Waals surface area (Å²) in [5, 5.41) is 0. The minimum atomic E-state index is 0.00454. The fraction of sp³-hybridized carbons (Fsp3) is 0.200. The van der Waals surface area contributed by atoms with E-state index in [1.54, 1.807) is 0 Å². The zero-order valence-corrected chi connectivity index (χ0v) is 8.66. The van der Waals surface area contributed by atoms with Crippen molar-refractivity contribution in [3.05, 3.63) is 30.3 Å². The lowest BCUT2D eigenvalue weighted by Crippen LogP contribution is -2.35. The van der Waals surface area contributed by atoms with Gasteiger partial charge in [0, 0.05) is 5.69 Å². The lowest BCUT2D eigenvalue weighted by Gasteiger charge is -2.21. The maximum absolute atomic E-state index is 5.66. The molecule has 0 saturated heterocycles. The van der Waals surface area contributed by atoms with Gasteiger partial charge in [-0.3, -0.25) is 0 Å². The minimum absolute atomic E-state index is 0.00454. The molecule has 1 heterocycles. The van der Waals surface area contributed by atoms with Gasteiger partial charge in [-0.25, -0.2) is 4.99 Å². The molecule has 1 aliphatic heterocycles. The molecule has 14 heavy (non-hydrogen) atoms. The Balaban J connectivity index is 2.34. The van der Waals surface area contributed by atoms with E-state index in [1.807, 2.05) is 42.2 Å². The minimum Gasteiger partial charge on any atom is -0.381 e. The largest absolute Gasteiger partial charge is 0.381 e. The molecule has 0 aliphatic carbocycles. The summed E-state index contributed by atoms with van der Waals surface area (Å²) in [5.41, 5.74) is 6.70. The molecule has 0 radical (unpaired) electrons. The summed E-state index contributed by atoms with van der Waals surface area (Å²) in [7, 11) is 0. The summed E-state index contributed by atoms with van der Waals surface area (Å²) in [6, 6.07) is 9.91. The number of hydrogen-bond donors (Lipinski definition) is 1. The van der Waals surface area contributed by atoms with Crippen molar-refractivity contribution in [1.29, 1.82) is 0 Å². The van der Waals surface area contributed by atoms with Crippen molar-refractivity contribution in [2.45, 2.75) is 13.1 Å². The Morgan fingerprint density at radius 3 is 2.50 bits per heavy atom. The second-order valence-corrected chi connectivity index (χ2v) is 3.54. The highest BCUT2D eigenvalue weighted by Gasteiger charge is 2.26. The predicted molar refractivity (Wildman–Crippen MR) is 62.6 cm³/mol. The number of nitrogens with two attached hydrogens (primary N) is 1. The van der Waals surface area contributed by atoms with Gasteiger partial charge in [0.2, 0.25) is 0 Å². The summed E-state index contributed by atoms with van der Waals surface area (Å²) in [6.07, 6.45) is 0.00454. The van der Waals surface area contributed by atoms with Gasteiger partial charge in [0.15, 0.2) is 5.84 Å². The first-order valence-corrected chi connectivity index (χ1v) is 4.83. The van der Waals surface area contributed by atoms with Crippen LogP contribution in [-0.2, 0) is 0 Å². The topological polar surface area (TPSA) is 41.6 Å². The Kier molecular flexibility index (Phi) is 2.21. The molecular weight excluding hydrogens is 194 g/mol. The van der Waals surface area contributed by atoms with Crippen molar-refractivity contribution in [1.82, 2.24) is 0 Å². The zero-order chi connectivity index (χ0) is 10.1. The normalized spacial score (nSPS) is 21.2. The van der Waals surface area contributed by atoms with Gasteiger partial charge in [0.25, 0.3) is 0 Å². The van der Waals surface area contributed by atoms with E-state index >= 15 is 0 Å². The second-order valence-electron chi connectivity index (χ2n) is 3.16. The average molecular weight is 205 g/mol. The van der Waals surface area contributed by atoms with Crippen molar-refractivity contribution >= 4 is 28.7 Å². The SMILES string of the molecule is CC1N=C(N)C(=S)N1c1ccccc1. The monoisotopic (exact) mass is 205 g/mol. The third-order valence-corrected chi connectivity index (χ3v) is 2.58. The summed E-state index contributed by atoms with van der Waals surface area (Å²) in [4.78, 5) is 6.77. The highest BCUT2D eigenvalue weighted by Crippen LogP contribution is 2.21. The van der Waals surface area contributed by atoms with Crippen LogP contribution < -0.4 is 10.6 Å². The third kappa shape index (κ3) is 1.37. The Morgan fingerprint density at radius 2 is 2.00 bits per heavy atom. The predicted octanol–water partition coefficient (Wildman–Crippen LogP) is 1.54. The maximum atomic E-state index is 5.66. The Labute approximate surface area is 88.2 Å². The summed E-state index contributed by atoms with van der Waals surface area (Å²) in [6.45, 7) is 1.97. The van der Waals surface area contributed by atoms with Crippen LogP contribution in [0.5, 0.6) is 0 Å². The molecule has 1 aliphatic rings. The Hall–Kier alpha value is -1.42. The van der Waals surface area contributed by atoms with Crippen molar-refractivity contribution in [3.63, 3.8) is 0 Å². The standard InChI is InChI=1S/C10H11N3S/c1-7-12-9(11)10(14)13(7)8-5-3-2-4-6-8/h2-7H,1H3,(H2,11,12). The molecule has 0 saturated carbocycles. The molecule has 1 unspecified atom stereocenters. The summed E-state index contributed by atoms with van der Waals surface area (Å²) in [5.74, 6) is 0.455. The molecule has 1 aromatic rings. The molecule has 72 valence electrons. The molecule has 2 N–H and O–H groups in total. The summed E-state index contributed by atoms with van der Waals surface area (Å²) >= 11 is 5.19. The van der Waals surface area contributed by atoms with Gasteiger partial charge in [-0.15, -0.1) is 0 Å². The lowest BCUT2D eigenvalue weighted by atomic mass is 10.3. The number of hydrogen-bond acceptors (Lipinski definition) is 3. The number of aliphatic imine (C=N–C) groups is 1. The van der Waals surface area contributed by atoms with Crippen LogP contribution >= 0.6 is 12.2 Å². The van der Waals surface area contributed by atoms with Crippen LogP contribution in [0, 0.1) is 0 Å². The Morgan fingerprint density at radius 1 is 1.36 bits per heavy atom.